The SMILES string of the molecule is CCCC1CC2CN3CCc4c([nH]c5ccc(O)cc45)C(C(N)=O)(C2)C13.CCCC1CC2CN3CCc4c([nH]c5ccc(OC(C)=O)cc45)C(CN)(C2)C13.COCCOCOCCC1CC2CN3CCc4c([nH]c5ccc(O)cc45)C(C(N)=O)(C2)C13.COCCOCOCCC1CC2CN3CCc4c([nH]c5ccc(OC(C)=O)cc45)C(C(N)=O)(C2)C13. The molecule has 8 saturated heterocycles. The fourth-order valence-corrected chi connectivity index (χ4v) is 26.7. The van der Waals surface area contributed by atoms with Gasteiger partial charge in [-0.25, -0.2) is 0 Å². The molecule has 24 rings (SSSR count). The van der Waals surface area contributed by atoms with Crippen LogP contribution in [-0.2, 0) is 99.7 Å². The van der Waals surface area contributed by atoms with E-state index in [1.807, 2.05) is 42.5 Å². The molecule has 4 aliphatic carbocycles. The second-order valence-corrected chi connectivity index (χ2v) is 37.4. The monoisotopic (exact) mass is 1660 g/mol. The molecule has 27 nitrogen and oxygen atoms in total. The lowest BCUT2D eigenvalue weighted by molar-refractivity contribution is -0.140. The Hall–Kier alpha value is -8.45. The van der Waals surface area contributed by atoms with Gasteiger partial charge in [-0.2, -0.15) is 0 Å². The number of aromatic hydroxyl groups is 2. The maximum Gasteiger partial charge on any atom is 0.308 e. The molecule has 0 spiro atoms. The molecule has 4 saturated carbocycles. The third-order valence-electron chi connectivity index (χ3n) is 30.4. The topological polar surface area (TPSA) is 380 Å². The number of nitrogens with one attached hydrogen (secondary N) is 4. The van der Waals surface area contributed by atoms with Crippen LogP contribution in [0, 0.1) is 47.3 Å². The Labute approximate surface area is 707 Å². The number of rotatable bonds is 26. The number of amides is 3. The number of esters is 2. The van der Waals surface area contributed by atoms with Crippen molar-refractivity contribution in [1.29, 1.82) is 0 Å². The van der Waals surface area contributed by atoms with Gasteiger partial charge in [-0.15, -0.1) is 0 Å². The van der Waals surface area contributed by atoms with Crippen molar-refractivity contribution < 1.29 is 72.1 Å². The van der Waals surface area contributed by atoms with Crippen LogP contribution in [-0.4, -0.2) is 230 Å². The van der Waals surface area contributed by atoms with E-state index < -0.39 is 16.2 Å². The number of aromatic amines is 4. The summed E-state index contributed by atoms with van der Waals surface area (Å²) in [5, 5.41) is 24.3. The first kappa shape index (κ1) is 84.8. The first-order chi connectivity index (χ1) is 58.6. The van der Waals surface area contributed by atoms with Crippen molar-refractivity contribution in [3.05, 3.63) is 118 Å². The van der Waals surface area contributed by atoms with E-state index in [2.05, 4.69) is 59.4 Å². The Bertz CT molecular complexity index is 5150. The zero-order valence-electron chi connectivity index (χ0n) is 71.4. The smallest absolute Gasteiger partial charge is 0.308 e. The zero-order chi connectivity index (χ0) is 84.4. The van der Waals surface area contributed by atoms with Crippen molar-refractivity contribution in [3.8, 4) is 23.0 Å². The van der Waals surface area contributed by atoms with Gasteiger partial charge in [-0.05, 0) is 245 Å². The van der Waals surface area contributed by atoms with E-state index in [1.54, 1.807) is 38.5 Å². The number of carbonyl (C=O) groups excluding carboxylic acids is 5. The Morgan fingerprint density at radius 1 is 0.421 bits per heavy atom. The third-order valence-corrected chi connectivity index (χ3v) is 30.4. The molecule has 3 amide bonds. The molecular weight excluding hydrogens is 1540 g/mol. The second kappa shape index (κ2) is 34.9. The summed E-state index contributed by atoms with van der Waals surface area (Å²) < 4.78 is 43.0. The van der Waals surface area contributed by atoms with Gasteiger partial charge in [0.2, 0.25) is 17.7 Å². The number of primary amides is 3. The fraction of sp³-hybridized carbons (Fsp3) is 0.606. The third kappa shape index (κ3) is 15.2. The number of hydrogen-bond acceptors (Lipinski definition) is 20. The predicted octanol–water partition coefficient (Wildman–Crippen LogP) is 10.0. The number of hydrogen-bond donors (Lipinski definition) is 10. The highest BCUT2D eigenvalue weighted by Crippen LogP contribution is 2.60. The molecule has 4 aromatic heterocycles. The minimum atomic E-state index is -0.771. The number of benzene rings is 4. The summed E-state index contributed by atoms with van der Waals surface area (Å²) >= 11 is 0. The molecule has 652 valence electrons. The van der Waals surface area contributed by atoms with Crippen molar-refractivity contribution in [2.24, 2.45) is 70.3 Å². The number of nitrogens with two attached hydrogens (primary N) is 4. The molecule has 121 heavy (non-hydrogen) atoms. The molecule has 4 aromatic carbocycles. The van der Waals surface area contributed by atoms with Crippen molar-refractivity contribution in [1.82, 2.24) is 39.5 Å². The highest BCUT2D eigenvalue weighted by molar-refractivity contribution is 5.97. The maximum atomic E-state index is 13.3. The molecule has 16 bridgehead atoms. The van der Waals surface area contributed by atoms with Gasteiger partial charge >= 0.3 is 11.9 Å². The number of fused-ring (bicyclic) bond motifs is 16. The van der Waals surface area contributed by atoms with Crippen LogP contribution in [0.3, 0.4) is 0 Å². The summed E-state index contributed by atoms with van der Waals surface area (Å²) in [5.74, 6) is 4.37. The minimum absolute atomic E-state index is 0.0213. The summed E-state index contributed by atoms with van der Waals surface area (Å²) in [5.41, 5.74) is 36.3. The molecule has 16 heterocycles. The summed E-state index contributed by atoms with van der Waals surface area (Å²) in [7, 11) is 3.29. The number of H-pyrrole nitrogens is 4. The van der Waals surface area contributed by atoms with Crippen LogP contribution in [0.25, 0.3) is 43.6 Å². The van der Waals surface area contributed by atoms with Gasteiger partial charge in [0, 0.05) is 196 Å². The van der Waals surface area contributed by atoms with E-state index in [1.165, 1.54) is 74.7 Å². The molecule has 16 aliphatic rings. The highest BCUT2D eigenvalue weighted by atomic mass is 16.7. The largest absolute Gasteiger partial charge is 0.508 e. The van der Waals surface area contributed by atoms with Gasteiger partial charge < -0.3 is 91.0 Å². The van der Waals surface area contributed by atoms with Crippen LogP contribution < -0.4 is 32.4 Å². The lowest BCUT2D eigenvalue weighted by atomic mass is 9.56. The number of phenols is 2. The Morgan fingerprint density at radius 2 is 0.744 bits per heavy atom. The Balaban J connectivity index is 0.000000116. The van der Waals surface area contributed by atoms with E-state index in [9.17, 15) is 34.2 Å². The average molecular weight is 1660 g/mol. The van der Waals surface area contributed by atoms with Gasteiger partial charge in [-0.1, -0.05) is 26.7 Å². The van der Waals surface area contributed by atoms with Crippen LogP contribution in [0.15, 0.2) is 72.8 Å². The summed E-state index contributed by atoms with van der Waals surface area (Å²) in [6.07, 6.45) is 18.5. The number of carbonyl (C=O) groups is 5. The van der Waals surface area contributed by atoms with E-state index in [0.717, 1.165) is 208 Å². The van der Waals surface area contributed by atoms with Gasteiger partial charge in [0.1, 0.15) is 52.8 Å². The number of nitrogens with zero attached hydrogens (tertiary/aromatic N) is 4. The van der Waals surface area contributed by atoms with Crippen molar-refractivity contribution in [3.63, 3.8) is 0 Å². The van der Waals surface area contributed by atoms with E-state index >= 15 is 0 Å². The van der Waals surface area contributed by atoms with Crippen molar-refractivity contribution in [2.45, 2.75) is 189 Å². The first-order valence-corrected chi connectivity index (χ1v) is 44.8. The van der Waals surface area contributed by atoms with Gasteiger partial charge in [0.15, 0.2) is 0 Å². The quantitative estimate of drug-likeness (QED) is 0.0104. The maximum absolute atomic E-state index is 13.3. The molecule has 12 aliphatic heterocycles. The standard InChI is InChI=1S/C26H35N3O6.C24H33N3O5.C23H31N3O2.C21H27N3O2/c1-16(30)35-19-3-4-22-21(12-19)20-5-7-29-14-17-11-18(6-8-33-15-34-10-9-32-2)24(29)26(13-17,25(27)31)23(20)28-22;1-30-8-9-32-14-31-7-5-16-10-15-12-24(23(25)29)21-18(4-6-27(13-15)22(16)24)19-11-17(28)2-3-20(19)26-21;1-3-4-16-9-15-11-23(13-24)21-18(7-8-26(12-15)22(16)23)19-10-17(28-14(2)27)5-6-20(19)25-21;1-2-3-13-8-12-10-21(20(22)26)18-15(6-7-24(11-12)19(13)21)16-9-14(25)4-5-17(16)23-18/h3-4,12,17-18,24,28H,5-11,13-15H2,1-2H3,(H2,27,31);2-3,11,15-16,22,26,28H,4-10,12-14H2,1H3,(H2,25,29);5-6,10,15-16,22,25H,3-4,7-9,11-13,24H2,1-2H3;4-5,9,12-13,19,23,25H,2-3,6-8,10-11H2,1H3,(H2,22,26). The molecule has 20 atom stereocenters. The molecule has 27 heteroatoms. The molecule has 0 radical (unpaired) electrons. The second-order valence-electron chi connectivity index (χ2n) is 37.4. The van der Waals surface area contributed by atoms with E-state index in [4.69, 9.17) is 60.8 Å². The van der Waals surface area contributed by atoms with E-state index in [0.29, 0.717) is 99.2 Å². The van der Waals surface area contributed by atoms with Crippen molar-refractivity contribution >= 4 is 73.3 Å². The molecule has 20 unspecified atom stereocenters. The number of ether oxygens (including phenoxy) is 8. The minimum Gasteiger partial charge on any atom is -0.508 e. The van der Waals surface area contributed by atoms with Crippen LogP contribution in [0.4, 0.5) is 0 Å². The summed E-state index contributed by atoms with van der Waals surface area (Å²) in [6.45, 7) is 20.0. The van der Waals surface area contributed by atoms with Gasteiger partial charge in [0.25, 0.3) is 0 Å². The fourth-order valence-electron chi connectivity index (χ4n) is 26.7. The lowest BCUT2D eigenvalue weighted by Gasteiger charge is -2.59. The van der Waals surface area contributed by atoms with Crippen LogP contribution in [0.2, 0.25) is 0 Å². The van der Waals surface area contributed by atoms with Gasteiger partial charge in [0.05, 0.1) is 26.4 Å². The van der Waals surface area contributed by atoms with Gasteiger partial charge in [-0.3, -0.25) is 43.6 Å². The lowest BCUT2D eigenvalue weighted by Crippen LogP contribution is -2.68. The normalized spacial score (nSPS) is 31.9. The zero-order valence-corrected chi connectivity index (χ0v) is 71.4. The van der Waals surface area contributed by atoms with Crippen molar-refractivity contribution in [2.75, 3.05) is 126 Å². The Morgan fingerprint density at radius 3 is 1.10 bits per heavy atom. The highest BCUT2D eigenvalue weighted by Gasteiger charge is 2.65. The number of piperidine rings is 8. The number of phenolic OH excluding ortho intramolecular Hbond substituents is 2. The average Bonchev–Trinajstić information content (AvgIpc) is 1.54. The predicted molar refractivity (Wildman–Crippen MR) is 460 cm³/mol. The molecular formula is C94H126N12O15. The molecule has 8 aromatic rings. The Kier molecular flexibility index (Phi) is 24.5. The summed E-state index contributed by atoms with van der Waals surface area (Å²) in [4.78, 5) is 87.3. The first-order valence-electron chi connectivity index (χ1n) is 44.8. The van der Waals surface area contributed by atoms with Crippen LogP contribution in [0.5, 0.6) is 23.0 Å². The summed E-state index contributed by atoms with van der Waals surface area (Å²) in [6, 6.07) is 23.2. The van der Waals surface area contributed by atoms with Crippen LogP contribution >= 0.6 is 0 Å². The molecule has 14 N–H and O–H groups in total. The van der Waals surface area contributed by atoms with Crippen LogP contribution in [0.1, 0.15) is 163 Å². The van der Waals surface area contributed by atoms with E-state index in [-0.39, 0.29) is 78.3 Å². The molecule has 12 fully saturated rings. The number of aromatic nitrogens is 4. The number of methoxy groups -OCH3 is 2.